The van der Waals surface area contributed by atoms with E-state index in [4.69, 9.17) is 0 Å². The van der Waals surface area contributed by atoms with Crippen molar-refractivity contribution in [1.82, 2.24) is 35.8 Å². The van der Waals surface area contributed by atoms with E-state index in [9.17, 15) is 4.79 Å². The Morgan fingerprint density at radius 2 is 2.19 bits per heavy atom. The third kappa shape index (κ3) is 3.56. The van der Waals surface area contributed by atoms with Gasteiger partial charge in [0.25, 0.3) is 0 Å². The van der Waals surface area contributed by atoms with Crippen molar-refractivity contribution in [1.29, 1.82) is 0 Å². The number of carbonyl (C=O) groups excluding carboxylic acids is 1. The number of tetrazole rings is 1. The molecule has 3 aromatic rings. The van der Waals surface area contributed by atoms with E-state index in [-0.39, 0.29) is 5.91 Å². The van der Waals surface area contributed by atoms with Crippen LogP contribution in [0, 0.1) is 6.92 Å². The van der Waals surface area contributed by atoms with E-state index in [1.807, 2.05) is 43.5 Å². The Morgan fingerprint density at radius 1 is 1.33 bits per heavy atom. The van der Waals surface area contributed by atoms with Gasteiger partial charge in [0.05, 0.1) is 0 Å². The Kier molecular flexibility index (Phi) is 4.88. The number of aromatic nitrogens is 5. The minimum absolute atomic E-state index is 0.153. The van der Waals surface area contributed by atoms with Gasteiger partial charge in [-0.15, -0.1) is 5.10 Å². The predicted molar refractivity (Wildman–Crippen MR) is 98.6 cm³/mol. The second-order valence-electron chi connectivity index (χ2n) is 6.57. The van der Waals surface area contributed by atoms with Crippen molar-refractivity contribution in [3.63, 3.8) is 0 Å². The maximum atomic E-state index is 13.0. The average molecular weight is 363 g/mol. The number of benzene rings is 1. The monoisotopic (exact) mass is 363 g/mol. The van der Waals surface area contributed by atoms with E-state index < -0.39 is 6.04 Å². The molecule has 0 unspecified atom stereocenters. The van der Waals surface area contributed by atoms with Crippen molar-refractivity contribution in [2.24, 2.45) is 0 Å². The van der Waals surface area contributed by atoms with Crippen molar-refractivity contribution >= 4 is 5.91 Å². The number of pyridine rings is 1. The van der Waals surface area contributed by atoms with Crippen LogP contribution in [0.5, 0.6) is 0 Å². The fourth-order valence-corrected chi connectivity index (χ4v) is 3.50. The number of fused-ring (bicyclic) bond motifs is 1. The number of rotatable bonds is 5. The summed E-state index contributed by atoms with van der Waals surface area (Å²) in [7, 11) is 0. The van der Waals surface area contributed by atoms with Crippen LogP contribution >= 0.6 is 0 Å². The van der Waals surface area contributed by atoms with Crippen molar-refractivity contribution in [3.8, 4) is 0 Å². The fourth-order valence-electron chi connectivity index (χ4n) is 3.50. The van der Waals surface area contributed by atoms with E-state index in [0.29, 0.717) is 6.54 Å². The molecule has 1 amide bonds. The van der Waals surface area contributed by atoms with Gasteiger partial charge in [-0.2, -0.15) is 0 Å². The number of nitrogens with zero attached hydrogens (tertiary/aromatic N) is 5. The number of amides is 1. The molecule has 8 nitrogen and oxygen atoms in total. The van der Waals surface area contributed by atoms with E-state index in [1.165, 1.54) is 22.1 Å². The summed E-state index contributed by atoms with van der Waals surface area (Å²) in [5.74, 6) is -0.153. The molecule has 0 aliphatic carbocycles. The molecule has 2 aromatic heterocycles. The predicted octanol–water partition coefficient (Wildman–Crippen LogP) is 0.928. The van der Waals surface area contributed by atoms with Gasteiger partial charge in [-0.3, -0.25) is 9.78 Å². The summed E-state index contributed by atoms with van der Waals surface area (Å²) in [6, 6.07) is 8.89. The molecule has 138 valence electrons. The molecule has 1 aliphatic rings. The van der Waals surface area contributed by atoms with Crippen LogP contribution in [0.3, 0.4) is 0 Å². The largest absolute Gasteiger partial charge is 0.350 e. The van der Waals surface area contributed by atoms with Crippen LogP contribution in [0.2, 0.25) is 0 Å². The molecular formula is C19H21N7O. The van der Waals surface area contributed by atoms with Crippen LogP contribution in [-0.2, 0) is 24.3 Å². The van der Waals surface area contributed by atoms with Crippen LogP contribution in [-0.4, -0.2) is 37.6 Å². The summed E-state index contributed by atoms with van der Waals surface area (Å²) in [5.41, 5.74) is 5.38. The zero-order chi connectivity index (χ0) is 18.6. The molecule has 1 aliphatic heterocycles. The summed E-state index contributed by atoms with van der Waals surface area (Å²) >= 11 is 0. The van der Waals surface area contributed by atoms with E-state index >= 15 is 0 Å². The van der Waals surface area contributed by atoms with Crippen molar-refractivity contribution in [2.75, 3.05) is 6.54 Å². The normalized spacial score (nSPS) is 14.4. The highest BCUT2D eigenvalue weighted by molar-refractivity contribution is 5.83. The Morgan fingerprint density at radius 3 is 2.96 bits per heavy atom. The van der Waals surface area contributed by atoms with Gasteiger partial charge in [-0.25, -0.2) is 4.68 Å². The molecule has 27 heavy (non-hydrogen) atoms. The standard InChI is InChI=1S/C19H21N7O/c1-13-17(16-7-8-20-9-15(16)10-21-13)11-22-19(27)18(26-12-23-24-25-26)14-5-3-2-4-6-14/h2-6,10,12,18,20H,7-9,11H2,1H3,(H,22,27)/t18-/m1/s1. The number of carbonyl (C=O) groups is 1. The minimum Gasteiger partial charge on any atom is -0.350 e. The molecule has 0 radical (unpaired) electrons. The second kappa shape index (κ2) is 7.63. The Hall–Kier alpha value is -3.13. The lowest BCUT2D eigenvalue weighted by molar-refractivity contribution is -0.123. The SMILES string of the molecule is Cc1ncc2c(c1CNC(=O)[C@@H](c1ccccc1)n1cnnn1)CCNC2. The van der Waals surface area contributed by atoms with Crippen molar-refractivity contribution < 1.29 is 4.79 Å². The van der Waals surface area contributed by atoms with Gasteiger partial charge in [0.15, 0.2) is 6.04 Å². The molecule has 0 saturated heterocycles. The Balaban J connectivity index is 1.58. The highest BCUT2D eigenvalue weighted by Crippen LogP contribution is 2.21. The maximum absolute atomic E-state index is 13.0. The lowest BCUT2D eigenvalue weighted by Crippen LogP contribution is -2.34. The third-order valence-electron chi connectivity index (χ3n) is 4.90. The van der Waals surface area contributed by atoms with Gasteiger partial charge in [0.1, 0.15) is 6.33 Å². The molecule has 2 N–H and O–H groups in total. The van der Waals surface area contributed by atoms with Gasteiger partial charge >= 0.3 is 0 Å². The first kappa shape index (κ1) is 17.3. The molecule has 4 rings (SSSR count). The van der Waals surface area contributed by atoms with E-state index in [1.54, 1.807) is 0 Å². The zero-order valence-corrected chi connectivity index (χ0v) is 15.1. The molecule has 1 atom stereocenters. The molecule has 3 heterocycles. The summed E-state index contributed by atoms with van der Waals surface area (Å²) in [6.45, 7) is 4.18. The van der Waals surface area contributed by atoms with Gasteiger partial charge in [-0.1, -0.05) is 30.3 Å². The first-order chi connectivity index (χ1) is 13.2. The van der Waals surface area contributed by atoms with Gasteiger partial charge < -0.3 is 10.6 Å². The Labute approximate surface area is 157 Å². The van der Waals surface area contributed by atoms with Crippen molar-refractivity contribution in [3.05, 3.63) is 70.8 Å². The lowest BCUT2D eigenvalue weighted by atomic mass is 9.96. The molecular weight excluding hydrogens is 342 g/mol. The molecule has 1 aromatic carbocycles. The summed E-state index contributed by atoms with van der Waals surface area (Å²) in [4.78, 5) is 17.5. The van der Waals surface area contributed by atoms with E-state index in [0.717, 1.165) is 36.3 Å². The highest BCUT2D eigenvalue weighted by Gasteiger charge is 2.24. The van der Waals surface area contributed by atoms with Crippen molar-refractivity contribution in [2.45, 2.75) is 32.5 Å². The van der Waals surface area contributed by atoms with Crippen LogP contribution in [0.15, 0.2) is 42.9 Å². The fraction of sp³-hybridized carbons (Fsp3) is 0.316. The number of hydrogen-bond donors (Lipinski definition) is 2. The molecule has 0 fully saturated rings. The molecule has 0 bridgehead atoms. The van der Waals surface area contributed by atoms with Gasteiger partial charge in [-0.05, 0) is 52.6 Å². The summed E-state index contributed by atoms with van der Waals surface area (Å²) in [5, 5.41) is 17.7. The minimum atomic E-state index is -0.615. The number of hydrogen-bond acceptors (Lipinski definition) is 6. The van der Waals surface area contributed by atoms with Crippen LogP contribution < -0.4 is 10.6 Å². The Bertz CT molecular complexity index is 925. The quantitative estimate of drug-likeness (QED) is 0.700. The van der Waals surface area contributed by atoms with Crippen LogP contribution in [0.1, 0.15) is 34.0 Å². The van der Waals surface area contributed by atoms with Crippen LogP contribution in [0.4, 0.5) is 0 Å². The molecule has 0 saturated carbocycles. The zero-order valence-electron chi connectivity index (χ0n) is 15.1. The first-order valence-corrected chi connectivity index (χ1v) is 8.96. The lowest BCUT2D eigenvalue weighted by Gasteiger charge is -2.22. The first-order valence-electron chi connectivity index (χ1n) is 8.96. The smallest absolute Gasteiger partial charge is 0.249 e. The summed E-state index contributed by atoms with van der Waals surface area (Å²) < 4.78 is 1.47. The molecule has 0 spiro atoms. The van der Waals surface area contributed by atoms with Crippen LogP contribution in [0.25, 0.3) is 0 Å². The van der Waals surface area contributed by atoms with Gasteiger partial charge in [0, 0.05) is 25.0 Å². The second-order valence-corrected chi connectivity index (χ2v) is 6.57. The van der Waals surface area contributed by atoms with E-state index in [2.05, 4.69) is 31.1 Å². The average Bonchev–Trinajstić information content (AvgIpc) is 3.22. The summed E-state index contributed by atoms with van der Waals surface area (Å²) in [6.07, 6.45) is 4.33. The number of aryl methyl sites for hydroxylation is 1. The third-order valence-corrected chi connectivity index (χ3v) is 4.90. The van der Waals surface area contributed by atoms with Gasteiger partial charge in [0.2, 0.25) is 5.91 Å². The molecule has 8 heteroatoms. The maximum Gasteiger partial charge on any atom is 0.249 e. The highest BCUT2D eigenvalue weighted by atomic mass is 16.2. The number of nitrogens with one attached hydrogen (secondary N) is 2. The topological polar surface area (TPSA) is 97.6 Å².